The largest absolute Gasteiger partial charge is 0.479 e. The van der Waals surface area contributed by atoms with Crippen LogP contribution in [0.15, 0.2) is 60.7 Å². The third-order valence-corrected chi connectivity index (χ3v) is 8.22. The molecule has 0 spiro atoms. The van der Waals surface area contributed by atoms with E-state index in [1.54, 1.807) is 13.8 Å². The molecule has 1 aliphatic rings. The highest BCUT2D eigenvalue weighted by molar-refractivity contribution is 5.91. The second-order valence-electron chi connectivity index (χ2n) is 12.2. The van der Waals surface area contributed by atoms with Crippen molar-refractivity contribution < 1.29 is 53.5 Å². The number of nitrogens with zero attached hydrogens (tertiary/aromatic N) is 1. The van der Waals surface area contributed by atoms with E-state index >= 15 is 0 Å². The van der Waals surface area contributed by atoms with Crippen molar-refractivity contribution in [3.8, 4) is 0 Å². The van der Waals surface area contributed by atoms with Crippen LogP contribution in [-0.2, 0) is 38.2 Å². The first-order chi connectivity index (χ1) is 23.2. The van der Waals surface area contributed by atoms with Gasteiger partial charge in [-0.15, -0.1) is 0 Å². The third-order valence-electron chi connectivity index (χ3n) is 8.22. The molecule has 49 heavy (non-hydrogen) atoms. The summed E-state index contributed by atoms with van der Waals surface area (Å²) < 4.78 is 17.1. The molecule has 8 N–H and O–H groups in total. The standard InChI is InChI=1S/C34H46N4O11/c1-18(2)27(38(20(4)40)33-26(35)30(47-19(3)34(45)46)28(42)24(17-39)48-33)32(44)37-23(31(36)43)15-16-25(41)49-29(21-11-7-5-8-12-21)22-13-9-6-10-14-22/h5-14,18-19,23-24,26-30,33,39,42H,15-17,35H2,1-4H3,(H2,36,43)(H,37,44)(H,45,46)/t19-,23-,24-,26-,27+,28-,30-,33?/m1/s1. The van der Waals surface area contributed by atoms with Crippen molar-refractivity contribution >= 4 is 29.7 Å². The second-order valence-corrected chi connectivity index (χ2v) is 12.2. The van der Waals surface area contributed by atoms with Crippen molar-refractivity contribution in [2.24, 2.45) is 17.4 Å². The number of benzene rings is 2. The van der Waals surface area contributed by atoms with Crippen LogP contribution in [-0.4, -0.2) is 105 Å². The van der Waals surface area contributed by atoms with Crippen molar-refractivity contribution in [3.63, 3.8) is 0 Å². The van der Waals surface area contributed by atoms with Crippen LogP contribution in [0.2, 0.25) is 0 Å². The van der Waals surface area contributed by atoms with E-state index in [-0.39, 0.29) is 12.8 Å². The van der Waals surface area contributed by atoms with E-state index in [9.17, 15) is 39.3 Å². The molecule has 2 aromatic carbocycles. The number of aliphatic carboxylic acids is 1. The van der Waals surface area contributed by atoms with Crippen LogP contribution in [0, 0.1) is 5.92 Å². The Morgan fingerprint density at radius 2 is 1.53 bits per heavy atom. The summed E-state index contributed by atoms with van der Waals surface area (Å²) in [5.74, 6) is -5.07. The van der Waals surface area contributed by atoms with Crippen molar-refractivity contribution in [1.82, 2.24) is 10.2 Å². The van der Waals surface area contributed by atoms with Gasteiger partial charge in [0.2, 0.25) is 17.7 Å². The van der Waals surface area contributed by atoms with E-state index < -0.39 is 97.1 Å². The zero-order chi connectivity index (χ0) is 36.4. The molecule has 0 radical (unpaired) electrons. The average Bonchev–Trinajstić information content (AvgIpc) is 3.06. The number of nitrogens with one attached hydrogen (secondary N) is 1. The summed E-state index contributed by atoms with van der Waals surface area (Å²) in [5.41, 5.74) is 13.5. The number of rotatable bonds is 16. The summed E-state index contributed by atoms with van der Waals surface area (Å²) in [5, 5.41) is 32.5. The molecule has 1 heterocycles. The Hall–Kier alpha value is -4.41. The molecule has 3 rings (SSSR count). The maximum Gasteiger partial charge on any atom is 0.332 e. The zero-order valence-electron chi connectivity index (χ0n) is 27.9. The maximum atomic E-state index is 13.8. The summed E-state index contributed by atoms with van der Waals surface area (Å²) in [6.07, 6.45) is -8.47. The molecule has 0 saturated carbocycles. The minimum absolute atomic E-state index is 0.220. The van der Waals surface area contributed by atoms with Gasteiger partial charge >= 0.3 is 11.9 Å². The highest BCUT2D eigenvalue weighted by Gasteiger charge is 2.50. The number of esters is 1. The van der Waals surface area contributed by atoms with Gasteiger partial charge < -0.3 is 51.2 Å². The molecular formula is C34H46N4O11. The Morgan fingerprint density at radius 3 is 1.98 bits per heavy atom. The summed E-state index contributed by atoms with van der Waals surface area (Å²) in [4.78, 5) is 65.0. The predicted molar refractivity (Wildman–Crippen MR) is 174 cm³/mol. The first kappa shape index (κ1) is 39.0. The fraction of sp³-hybridized carbons (Fsp3) is 0.500. The van der Waals surface area contributed by atoms with Gasteiger partial charge in [0.1, 0.15) is 30.4 Å². The molecule has 15 nitrogen and oxygen atoms in total. The second kappa shape index (κ2) is 17.8. The van der Waals surface area contributed by atoms with Crippen LogP contribution < -0.4 is 16.8 Å². The molecule has 1 fully saturated rings. The first-order valence-corrected chi connectivity index (χ1v) is 15.9. The van der Waals surface area contributed by atoms with Crippen molar-refractivity contribution in [2.45, 2.75) is 95.4 Å². The summed E-state index contributed by atoms with van der Waals surface area (Å²) in [6.45, 7) is 4.86. The number of hydrogen-bond donors (Lipinski definition) is 6. The van der Waals surface area contributed by atoms with E-state index in [1.165, 1.54) is 6.92 Å². The van der Waals surface area contributed by atoms with Gasteiger partial charge in [-0.25, -0.2) is 4.79 Å². The quantitative estimate of drug-likeness (QED) is 0.130. The van der Waals surface area contributed by atoms with Crippen LogP contribution in [0.1, 0.15) is 57.8 Å². The third kappa shape index (κ3) is 10.1. The molecule has 8 atom stereocenters. The van der Waals surface area contributed by atoms with Gasteiger partial charge in [0.05, 0.1) is 12.6 Å². The highest BCUT2D eigenvalue weighted by atomic mass is 16.6. The number of amides is 3. The minimum atomic E-state index is -1.57. The number of primary amides is 1. The molecule has 15 heteroatoms. The molecule has 1 saturated heterocycles. The molecule has 0 aromatic heterocycles. The van der Waals surface area contributed by atoms with Gasteiger partial charge in [-0.05, 0) is 30.4 Å². The Labute approximate surface area is 284 Å². The Kier molecular flexibility index (Phi) is 14.2. The number of hydrogen-bond acceptors (Lipinski definition) is 11. The van der Waals surface area contributed by atoms with Crippen molar-refractivity contribution in [2.75, 3.05) is 6.61 Å². The van der Waals surface area contributed by atoms with Gasteiger partial charge in [0.25, 0.3) is 0 Å². The predicted octanol–water partition coefficient (Wildman–Crippen LogP) is 0.206. The highest BCUT2D eigenvalue weighted by Crippen LogP contribution is 2.29. The summed E-state index contributed by atoms with van der Waals surface area (Å²) in [6, 6.07) is 14.1. The van der Waals surface area contributed by atoms with Gasteiger partial charge in [-0.1, -0.05) is 74.5 Å². The number of nitrogens with two attached hydrogens (primary N) is 2. The van der Waals surface area contributed by atoms with Crippen LogP contribution in [0.3, 0.4) is 0 Å². The topological polar surface area (TPSA) is 241 Å². The number of ether oxygens (including phenoxy) is 3. The lowest BCUT2D eigenvalue weighted by Gasteiger charge is -2.49. The molecule has 268 valence electrons. The van der Waals surface area contributed by atoms with Crippen LogP contribution in [0.4, 0.5) is 0 Å². The zero-order valence-corrected chi connectivity index (χ0v) is 27.9. The smallest absolute Gasteiger partial charge is 0.332 e. The Balaban J connectivity index is 1.80. The molecule has 2 aromatic rings. The SMILES string of the molecule is CC(=O)N(C1O[C@H](CO)[C@@H](O)[C@H](O[C@H](C)C(=O)O)[C@H]1N)[C@H](C(=O)N[C@H](CCC(=O)OC(c1ccccc1)c1ccccc1)C(N)=O)C(C)C. The Bertz CT molecular complexity index is 1390. The molecule has 0 bridgehead atoms. The molecule has 0 aliphatic carbocycles. The van der Waals surface area contributed by atoms with Crippen LogP contribution in [0.25, 0.3) is 0 Å². The lowest BCUT2D eigenvalue weighted by Crippen LogP contribution is -2.71. The minimum Gasteiger partial charge on any atom is -0.479 e. The van der Waals surface area contributed by atoms with E-state index in [1.807, 2.05) is 60.7 Å². The monoisotopic (exact) mass is 686 g/mol. The fourth-order valence-corrected chi connectivity index (χ4v) is 5.68. The van der Waals surface area contributed by atoms with Gasteiger partial charge in [-0.3, -0.25) is 19.2 Å². The number of carboxylic acids is 1. The number of aliphatic hydroxyl groups is 2. The molecule has 1 unspecified atom stereocenters. The van der Waals surface area contributed by atoms with Gasteiger partial charge in [0.15, 0.2) is 18.4 Å². The van der Waals surface area contributed by atoms with E-state index in [2.05, 4.69) is 5.32 Å². The molecular weight excluding hydrogens is 640 g/mol. The van der Waals surface area contributed by atoms with Crippen LogP contribution in [0.5, 0.6) is 0 Å². The molecule has 3 amide bonds. The fourth-order valence-electron chi connectivity index (χ4n) is 5.68. The van der Waals surface area contributed by atoms with Gasteiger partial charge in [0, 0.05) is 13.3 Å². The number of aliphatic hydroxyl groups excluding tert-OH is 2. The molecule has 1 aliphatic heterocycles. The number of carbonyl (C=O) groups is 5. The number of carbonyl (C=O) groups excluding carboxylic acids is 4. The lowest BCUT2D eigenvalue weighted by atomic mass is 9.92. The number of carboxylic acid groups (broad SMARTS) is 1. The lowest BCUT2D eigenvalue weighted by molar-refractivity contribution is -0.247. The normalized spacial score (nSPS) is 22.5. The summed E-state index contributed by atoms with van der Waals surface area (Å²) >= 11 is 0. The van der Waals surface area contributed by atoms with Crippen LogP contribution >= 0.6 is 0 Å². The van der Waals surface area contributed by atoms with Crippen molar-refractivity contribution in [3.05, 3.63) is 71.8 Å². The average molecular weight is 687 g/mol. The van der Waals surface area contributed by atoms with E-state index in [0.717, 1.165) is 23.0 Å². The van der Waals surface area contributed by atoms with Gasteiger partial charge in [-0.2, -0.15) is 0 Å². The maximum absolute atomic E-state index is 13.8. The van der Waals surface area contributed by atoms with Crippen molar-refractivity contribution in [1.29, 1.82) is 0 Å². The summed E-state index contributed by atoms with van der Waals surface area (Å²) in [7, 11) is 0. The Morgan fingerprint density at radius 1 is 0.980 bits per heavy atom. The van der Waals surface area contributed by atoms with E-state index in [0.29, 0.717) is 0 Å². The first-order valence-electron chi connectivity index (χ1n) is 15.9. The van der Waals surface area contributed by atoms with E-state index in [4.69, 9.17) is 25.7 Å².